The molecule has 2 aromatic carbocycles. The van der Waals surface area contributed by atoms with Crippen LogP contribution in [0.5, 0.6) is 5.75 Å². The maximum atomic E-state index is 15.9. The summed E-state index contributed by atoms with van der Waals surface area (Å²) in [7, 11) is -0.427. The van der Waals surface area contributed by atoms with Crippen molar-refractivity contribution in [3.05, 3.63) is 69.9 Å². The highest BCUT2D eigenvalue weighted by Gasteiger charge is 2.31. The first kappa shape index (κ1) is 29.4. The molecule has 6 rings (SSSR count). The second-order valence-corrected chi connectivity index (χ2v) is 13.8. The van der Waals surface area contributed by atoms with Gasteiger partial charge in [-0.2, -0.15) is 9.40 Å². The molecule has 228 valence electrons. The van der Waals surface area contributed by atoms with Gasteiger partial charge >= 0.3 is 5.97 Å². The lowest BCUT2D eigenvalue weighted by atomic mass is 9.91. The van der Waals surface area contributed by atoms with Crippen LogP contribution in [0.1, 0.15) is 64.2 Å². The van der Waals surface area contributed by atoms with Gasteiger partial charge in [-0.1, -0.05) is 12.1 Å². The monoisotopic (exact) mass is 608 g/mol. The minimum absolute atomic E-state index is 0.0188. The maximum Gasteiger partial charge on any atom is 0.352 e. The van der Waals surface area contributed by atoms with E-state index in [1.54, 1.807) is 22.4 Å². The predicted molar refractivity (Wildman–Crippen MR) is 163 cm³/mol. The number of fused-ring (bicyclic) bond motifs is 3. The first-order chi connectivity index (χ1) is 20.6. The summed E-state index contributed by atoms with van der Waals surface area (Å²) in [6.07, 6.45) is 5.53. The van der Waals surface area contributed by atoms with E-state index >= 15 is 4.39 Å². The van der Waals surface area contributed by atoms with E-state index in [2.05, 4.69) is 11.2 Å². The Morgan fingerprint density at radius 2 is 1.88 bits per heavy atom. The Labute approximate surface area is 250 Å². The fourth-order valence-corrected chi connectivity index (χ4v) is 7.87. The van der Waals surface area contributed by atoms with Crippen molar-refractivity contribution < 1.29 is 27.4 Å². The molecule has 4 aromatic rings. The lowest BCUT2D eigenvalue weighted by Gasteiger charge is -2.19. The number of hydrogen-bond acceptors (Lipinski definition) is 5. The van der Waals surface area contributed by atoms with Crippen molar-refractivity contribution in [2.24, 2.45) is 7.05 Å². The molecule has 0 fully saturated rings. The molecule has 0 amide bonds. The highest BCUT2D eigenvalue weighted by molar-refractivity contribution is 7.89. The topological polar surface area (TPSA) is 107 Å². The largest absolute Gasteiger partial charge is 0.493 e. The summed E-state index contributed by atoms with van der Waals surface area (Å²) in [6, 6.07) is 9.20. The van der Waals surface area contributed by atoms with Gasteiger partial charge in [0.25, 0.3) is 0 Å². The van der Waals surface area contributed by atoms with E-state index in [1.807, 2.05) is 19.1 Å². The molecule has 43 heavy (non-hydrogen) atoms. The van der Waals surface area contributed by atoms with Gasteiger partial charge in [0.2, 0.25) is 10.0 Å². The number of carboxylic acid groups (broad SMARTS) is 1. The molecule has 3 heterocycles. The number of carboxylic acids is 1. The van der Waals surface area contributed by atoms with Crippen molar-refractivity contribution in [1.82, 2.24) is 18.7 Å². The van der Waals surface area contributed by atoms with Crippen molar-refractivity contribution >= 4 is 26.9 Å². The zero-order valence-corrected chi connectivity index (χ0v) is 25.6. The number of sulfonamides is 1. The Morgan fingerprint density at radius 1 is 1.09 bits per heavy atom. The van der Waals surface area contributed by atoms with Crippen LogP contribution in [0.15, 0.2) is 30.3 Å². The summed E-state index contributed by atoms with van der Waals surface area (Å²) in [5.74, 6) is -0.913. The van der Waals surface area contributed by atoms with Gasteiger partial charge < -0.3 is 14.4 Å². The number of rotatable bonds is 6. The van der Waals surface area contributed by atoms with Crippen molar-refractivity contribution in [2.45, 2.75) is 65.0 Å². The second-order valence-electron chi connectivity index (χ2n) is 11.6. The van der Waals surface area contributed by atoms with E-state index < -0.39 is 21.8 Å². The van der Waals surface area contributed by atoms with Crippen LogP contribution in [0.3, 0.4) is 0 Å². The van der Waals surface area contributed by atoms with Gasteiger partial charge in [-0.3, -0.25) is 4.68 Å². The van der Waals surface area contributed by atoms with Gasteiger partial charge in [0, 0.05) is 42.8 Å². The summed E-state index contributed by atoms with van der Waals surface area (Å²) in [6.45, 7) is 2.31. The SMILES string of the molecule is Cc1c2c(nn1C)CN(C)S(=O)(=O)CCCn1c(C(=O)O)c(CCCOc3cccc4c3CCCC4)c3ccc(F)c-2c31. The van der Waals surface area contributed by atoms with E-state index in [1.165, 1.54) is 35.0 Å². The van der Waals surface area contributed by atoms with Gasteiger partial charge in [0.1, 0.15) is 17.3 Å². The summed E-state index contributed by atoms with van der Waals surface area (Å²) < 4.78 is 52.8. The van der Waals surface area contributed by atoms with Gasteiger partial charge in [0.05, 0.1) is 30.1 Å². The third kappa shape index (κ3) is 5.22. The summed E-state index contributed by atoms with van der Waals surface area (Å²) in [5, 5.41) is 15.7. The fourth-order valence-electron chi connectivity index (χ4n) is 6.75. The highest BCUT2D eigenvalue weighted by atomic mass is 32.2. The van der Waals surface area contributed by atoms with E-state index in [0.717, 1.165) is 25.0 Å². The quantitative estimate of drug-likeness (QED) is 0.300. The molecule has 1 N–H and O–H groups in total. The molecule has 0 bridgehead atoms. The number of hydrogen-bond donors (Lipinski definition) is 1. The first-order valence-corrected chi connectivity index (χ1v) is 16.5. The molecule has 1 aliphatic carbocycles. The first-order valence-electron chi connectivity index (χ1n) is 14.9. The fraction of sp³-hybridized carbons (Fsp3) is 0.438. The third-order valence-electron chi connectivity index (χ3n) is 8.95. The maximum absolute atomic E-state index is 15.9. The van der Waals surface area contributed by atoms with Crippen LogP contribution in [0.4, 0.5) is 4.39 Å². The second kappa shape index (κ2) is 11.4. The number of nitrogens with zero attached hydrogens (tertiary/aromatic N) is 4. The molecular formula is C32H37FN4O5S. The molecule has 0 saturated heterocycles. The smallest absolute Gasteiger partial charge is 0.352 e. The molecule has 0 atom stereocenters. The number of aromatic carboxylic acids is 1. The van der Waals surface area contributed by atoms with Gasteiger partial charge in [0.15, 0.2) is 0 Å². The van der Waals surface area contributed by atoms with Crippen LogP contribution in [0.2, 0.25) is 0 Å². The molecule has 2 aromatic heterocycles. The van der Waals surface area contributed by atoms with Crippen LogP contribution in [-0.2, 0) is 49.4 Å². The standard InChI is InChI=1S/C32H37FN4O5S/c1-20-28-26(34-36(20)3)19-35(2)43(40,41)18-8-16-37-30-24(14-15-25(33)29(28)30)23(31(37)32(38)39)12-7-17-42-27-13-6-10-21-9-4-5-11-22(21)27/h6,10,13-15H,4-5,7-9,11-12,16-19H2,1-3H3,(H,38,39). The molecule has 0 saturated carbocycles. The Morgan fingerprint density at radius 3 is 2.67 bits per heavy atom. The number of halogens is 1. The Balaban J connectivity index is 1.44. The third-order valence-corrected chi connectivity index (χ3v) is 10.8. The van der Waals surface area contributed by atoms with Crippen LogP contribution in [-0.4, -0.2) is 57.6 Å². The number of carbonyl (C=O) groups is 1. The average Bonchev–Trinajstić information content (AvgIpc) is 3.43. The molecule has 9 nitrogen and oxygen atoms in total. The van der Waals surface area contributed by atoms with Crippen molar-refractivity contribution in [1.29, 1.82) is 0 Å². The van der Waals surface area contributed by atoms with Gasteiger partial charge in [-0.15, -0.1) is 0 Å². The Bertz CT molecular complexity index is 1840. The predicted octanol–water partition coefficient (Wildman–Crippen LogP) is 5.24. The Hall–Kier alpha value is -3.70. The molecular weight excluding hydrogens is 571 g/mol. The molecule has 2 aliphatic rings. The minimum Gasteiger partial charge on any atom is -0.493 e. The van der Waals surface area contributed by atoms with Gasteiger partial charge in [-0.05, 0) is 86.8 Å². The van der Waals surface area contributed by atoms with Crippen molar-refractivity contribution in [3.8, 4) is 16.9 Å². The molecule has 1 aliphatic heterocycles. The van der Waals surface area contributed by atoms with Crippen LogP contribution < -0.4 is 4.74 Å². The molecule has 0 spiro atoms. The number of ether oxygens (including phenoxy) is 1. The Kier molecular flexibility index (Phi) is 7.80. The summed E-state index contributed by atoms with van der Waals surface area (Å²) >= 11 is 0. The number of benzene rings is 2. The van der Waals surface area contributed by atoms with Crippen LogP contribution >= 0.6 is 0 Å². The van der Waals surface area contributed by atoms with E-state index in [9.17, 15) is 18.3 Å². The van der Waals surface area contributed by atoms with E-state index in [0.29, 0.717) is 52.9 Å². The molecule has 0 unspecified atom stereocenters. The highest BCUT2D eigenvalue weighted by Crippen LogP contribution is 2.41. The van der Waals surface area contributed by atoms with Gasteiger partial charge in [-0.25, -0.2) is 17.6 Å². The minimum atomic E-state index is -3.65. The van der Waals surface area contributed by atoms with Crippen LogP contribution in [0, 0.1) is 12.7 Å². The zero-order chi connectivity index (χ0) is 30.5. The van der Waals surface area contributed by atoms with E-state index in [4.69, 9.17) is 4.74 Å². The normalized spacial score (nSPS) is 16.8. The molecule has 0 radical (unpaired) electrons. The van der Waals surface area contributed by atoms with Crippen LogP contribution in [0.25, 0.3) is 22.0 Å². The summed E-state index contributed by atoms with van der Waals surface area (Å²) in [5.41, 5.74) is 5.56. The number of aromatic nitrogens is 3. The lowest BCUT2D eigenvalue weighted by molar-refractivity contribution is 0.0684. The average molecular weight is 609 g/mol. The summed E-state index contributed by atoms with van der Waals surface area (Å²) in [4.78, 5) is 12.8. The lowest BCUT2D eigenvalue weighted by Crippen LogP contribution is -2.29. The molecule has 11 heteroatoms. The number of aryl methyl sites for hydroxylation is 4. The van der Waals surface area contributed by atoms with Crippen molar-refractivity contribution in [2.75, 3.05) is 19.4 Å². The van der Waals surface area contributed by atoms with Crippen molar-refractivity contribution in [3.63, 3.8) is 0 Å². The zero-order valence-electron chi connectivity index (χ0n) is 24.8. The van der Waals surface area contributed by atoms with E-state index in [-0.39, 0.29) is 36.5 Å².